The third-order valence-corrected chi connectivity index (χ3v) is 1.20. The topological polar surface area (TPSA) is 25.8 Å². The Morgan fingerprint density at radius 1 is 1.75 bits per heavy atom. The summed E-state index contributed by atoms with van der Waals surface area (Å²) in [4.78, 5) is 0. The third kappa shape index (κ3) is 1.04. The molecule has 0 N–H and O–H groups in total. The molecule has 1 heterocycles. The van der Waals surface area contributed by atoms with E-state index in [1.807, 2.05) is 0 Å². The fourth-order valence-corrected chi connectivity index (χ4v) is 0.784. The van der Waals surface area contributed by atoms with Crippen molar-refractivity contribution in [3.63, 3.8) is 0 Å². The minimum absolute atomic E-state index is 0.785. The van der Waals surface area contributed by atoms with Crippen molar-refractivity contribution in [3.05, 3.63) is 10.5 Å². The van der Waals surface area contributed by atoms with Crippen molar-refractivity contribution in [1.29, 1.82) is 0 Å². The van der Waals surface area contributed by atoms with Gasteiger partial charge in [-0.3, -0.25) is 0 Å². The van der Waals surface area contributed by atoms with Crippen LogP contribution in [-0.2, 0) is 0 Å². The van der Waals surface area contributed by atoms with Crippen molar-refractivity contribution in [3.8, 4) is 11.8 Å². The first-order chi connectivity index (χ1) is 3.93. The van der Waals surface area contributed by atoms with Crippen molar-refractivity contribution in [2.24, 2.45) is 0 Å². The van der Waals surface area contributed by atoms with Gasteiger partial charge in [0, 0.05) is 0 Å². The van der Waals surface area contributed by atoms with Gasteiger partial charge in [-0.15, -0.1) is 10.2 Å². The highest BCUT2D eigenvalue weighted by molar-refractivity contribution is 7.09. The minimum Gasteiger partial charge on any atom is -0.146 e. The predicted molar refractivity (Wildman–Crippen MR) is 32.5 cm³/mol. The summed E-state index contributed by atoms with van der Waals surface area (Å²) in [7, 11) is 0. The van der Waals surface area contributed by atoms with Crippen LogP contribution in [0.15, 0.2) is 5.51 Å². The normalized spacial score (nSPS) is 7.62. The molecule has 40 valence electrons. The first kappa shape index (κ1) is 5.26. The van der Waals surface area contributed by atoms with Gasteiger partial charge in [-0.25, -0.2) is 0 Å². The Bertz CT molecular complexity index is 204. The second kappa shape index (κ2) is 2.43. The summed E-state index contributed by atoms with van der Waals surface area (Å²) in [6, 6.07) is 0. The lowest BCUT2D eigenvalue weighted by atomic mass is 10.6. The molecular weight excluding hydrogens is 120 g/mol. The first-order valence-electron chi connectivity index (χ1n) is 2.12. The van der Waals surface area contributed by atoms with Crippen LogP contribution in [0, 0.1) is 11.8 Å². The van der Waals surface area contributed by atoms with E-state index in [9.17, 15) is 0 Å². The highest BCUT2D eigenvalue weighted by Crippen LogP contribution is 1.96. The molecule has 0 aromatic carbocycles. The van der Waals surface area contributed by atoms with Crippen LogP contribution >= 0.6 is 11.3 Å². The Balaban J connectivity index is 2.88. The van der Waals surface area contributed by atoms with Crippen LogP contribution in [0.25, 0.3) is 0 Å². The van der Waals surface area contributed by atoms with Crippen molar-refractivity contribution in [2.75, 3.05) is 0 Å². The van der Waals surface area contributed by atoms with Crippen LogP contribution in [0.2, 0.25) is 0 Å². The van der Waals surface area contributed by atoms with Crippen LogP contribution in [-0.4, -0.2) is 10.2 Å². The zero-order chi connectivity index (χ0) is 5.82. The summed E-state index contributed by atoms with van der Waals surface area (Å²) in [6.07, 6.45) is 0. The molecule has 1 rings (SSSR count). The predicted octanol–water partition coefficient (Wildman–Crippen LogP) is 0.909. The summed E-state index contributed by atoms with van der Waals surface area (Å²) in [5.41, 5.74) is 1.67. The van der Waals surface area contributed by atoms with E-state index in [1.54, 1.807) is 12.4 Å². The molecule has 0 fully saturated rings. The zero-order valence-electron chi connectivity index (χ0n) is 4.38. The van der Waals surface area contributed by atoms with Crippen LogP contribution in [0.4, 0.5) is 0 Å². The maximum absolute atomic E-state index is 3.70. The van der Waals surface area contributed by atoms with E-state index >= 15 is 0 Å². The number of hydrogen-bond acceptors (Lipinski definition) is 3. The number of aromatic nitrogens is 2. The van der Waals surface area contributed by atoms with E-state index < -0.39 is 0 Å². The van der Waals surface area contributed by atoms with Crippen LogP contribution in [0.1, 0.15) is 11.9 Å². The van der Waals surface area contributed by atoms with E-state index in [4.69, 9.17) is 0 Å². The highest BCUT2D eigenvalue weighted by atomic mass is 32.1. The SMILES string of the molecule is CC#Cc1nncs1. The van der Waals surface area contributed by atoms with Crippen molar-refractivity contribution < 1.29 is 0 Å². The van der Waals surface area contributed by atoms with Gasteiger partial charge in [-0.05, 0) is 12.8 Å². The molecule has 0 unspecified atom stereocenters. The molecule has 8 heavy (non-hydrogen) atoms. The Morgan fingerprint density at radius 2 is 2.62 bits per heavy atom. The van der Waals surface area contributed by atoms with Gasteiger partial charge in [-0.2, -0.15) is 0 Å². The number of nitrogens with zero attached hydrogens (tertiary/aromatic N) is 2. The van der Waals surface area contributed by atoms with E-state index in [-0.39, 0.29) is 0 Å². The largest absolute Gasteiger partial charge is 0.190 e. The zero-order valence-corrected chi connectivity index (χ0v) is 5.20. The Hall–Kier alpha value is -0.880. The fraction of sp³-hybridized carbons (Fsp3) is 0.200. The van der Waals surface area contributed by atoms with Crippen molar-refractivity contribution >= 4 is 11.3 Å². The molecule has 1 aromatic rings. The smallest absolute Gasteiger partial charge is 0.146 e. The number of hydrogen-bond donors (Lipinski definition) is 0. The summed E-state index contributed by atoms with van der Waals surface area (Å²) in [5.74, 6) is 5.51. The molecule has 0 bridgehead atoms. The van der Waals surface area contributed by atoms with E-state index in [0.29, 0.717) is 0 Å². The van der Waals surface area contributed by atoms with Gasteiger partial charge in [0.25, 0.3) is 0 Å². The molecule has 0 aliphatic rings. The average Bonchev–Trinajstić information content (AvgIpc) is 2.19. The molecule has 1 aromatic heterocycles. The summed E-state index contributed by atoms with van der Waals surface area (Å²) in [6.45, 7) is 1.78. The van der Waals surface area contributed by atoms with Gasteiger partial charge in [0.2, 0.25) is 0 Å². The average molecular weight is 124 g/mol. The van der Waals surface area contributed by atoms with Crippen molar-refractivity contribution in [2.45, 2.75) is 6.92 Å². The molecule has 0 amide bonds. The lowest BCUT2D eigenvalue weighted by molar-refractivity contribution is 1.08. The van der Waals surface area contributed by atoms with E-state index in [2.05, 4.69) is 22.0 Å². The fourth-order valence-electron chi connectivity index (χ4n) is 0.334. The van der Waals surface area contributed by atoms with Gasteiger partial charge in [0.05, 0.1) is 0 Å². The second-order valence-corrected chi connectivity index (χ2v) is 1.95. The maximum Gasteiger partial charge on any atom is 0.190 e. The first-order valence-corrected chi connectivity index (χ1v) is 3.00. The lowest BCUT2D eigenvalue weighted by Crippen LogP contribution is -1.68. The summed E-state index contributed by atoms with van der Waals surface area (Å²) in [5, 5.41) is 8.09. The van der Waals surface area contributed by atoms with Gasteiger partial charge >= 0.3 is 0 Å². The standard InChI is InChI=1S/C5H4N2S/c1-2-3-5-7-6-4-8-5/h4H,1H3. The second-order valence-electron chi connectivity index (χ2n) is 1.12. The van der Waals surface area contributed by atoms with Gasteiger partial charge in [0.1, 0.15) is 5.51 Å². The summed E-state index contributed by atoms with van der Waals surface area (Å²) < 4.78 is 0. The molecule has 0 saturated heterocycles. The minimum atomic E-state index is 0.785. The molecule has 0 aliphatic heterocycles. The summed E-state index contributed by atoms with van der Waals surface area (Å²) >= 11 is 1.45. The molecule has 0 aliphatic carbocycles. The Labute approximate surface area is 51.6 Å². The molecular formula is C5H4N2S. The third-order valence-electron chi connectivity index (χ3n) is 0.592. The Morgan fingerprint density at radius 3 is 3.12 bits per heavy atom. The van der Waals surface area contributed by atoms with Gasteiger partial charge in [-0.1, -0.05) is 17.3 Å². The highest BCUT2D eigenvalue weighted by Gasteiger charge is 1.84. The quantitative estimate of drug-likeness (QED) is 0.480. The van der Waals surface area contributed by atoms with Crippen LogP contribution < -0.4 is 0 Å². The van der Waals surface area contributed by atoms with Gasteiger partial charge < -0.3 is 0 Å². The number of rotatable bonds is 0. The van der Waals surface area contributed by atoms with Crippen LogP contribution in [0.5, 0.6) is 0 Å². The molecule has 3 heteroatoms. The van der Waals surface area contributed by atoms with Crippen molar-refractivity contribution in [1.82, 2.24) is 10.2 Å². The monoisotopic (exact) mass is 124 g/mol. The van der Waals surface area contributed by atoms with Gasteiger partial charge in [0.15, 0.2) is 5.01 Å². The molecule has 0 spiro atoms. The van der Waals surface area contributed by atoms with Crippen LogP contribution in [0.3, 0.4) is 0 Å². The van der Waals surface area contributed by atoms with E-state index in [0.717, 1.165) is 5.01 Å². The van der Waals surface area contributed by atoms with E-state index in [1.165, 1.54) is 11.3 Å². The maximum atomic E-state index is 3.70. The molecule has 0 saturated carbocycles. The Kier molecular flexibility index (Phi) is 1.60. The lowest BCUT2D eigenvalue weighted by Gasteiger charge is -1.65. The molecule has 0 radical (unpaired) electrons. The molecule has 0 atom stereocenters. The molecule has 2 nitrogen and oxygen atoms in total.